The lowest BCUT2D eigenvalue weighted by Crippen LogP contribution is -2.40. The maximum absolute atomic E-state index is 12.8. The second kappa shape index (κ2) is 8.78. The van der Waals surface area contributed by atoms with Crippen LogP contribution in [-0.4, -0.2) is 47.6 Å². The number of nitrogens with zero attached hydrogens (tertiary/aromatic N) is 1. The summed E-state index contributed by atoms with van der Waals surface area (Å²) in [5.41, 5.74) is 0.405. The molecule has 1 saturated heterocycles. The molecule has 2 N–H and O–H groups in total. The minimum Gasteiger partial charge on any atom is -0.393 e. The van der Waals surface area contributed by atoms with E-state index in [2.05, 4.69) is 5.32 Å². The van der Waals surface area contributed by atoms with Gasteiger partial charge in [-0.15, -0.1) is 0 Å². The molecule has 0 radical (unpaired) electrons. The van der Waals surface area contributed by atoms with Crippen molar-refractivity contribution >= 4 is 11.8 Å². The zero-order chi connectivity index (χ0) is 17.5. The van der Waals surface area contributed by atoms with Gasteiger partial charge in [-0.25, -0.2) is 4.39 Å². The first kappa shape index (κ1) is 18.4. The van der Waals surface area contributed by atoms with Gasteiger partial charge in [0.2, 0.25) is 5.91 Å². The van der Waals surface area contributed by atoms with Crippen LogP contribution in [0.2, 0.25) is 0 Å². The fraction of sp³-hybridized carbons (Fsp3) is 0.556. The van der Waals surface area contributed by atoms with Gasteiger partial charge in [0, 0.05) is 31.6 Å². The third-order valence-corrected chi connectivity index (χ3v) is 4.53. The van der Waals surface area contributed by atoms with E-state index in [0.29, 0.717) is 38.0 Å². The number of likely N-dealkylation sites (tertiary alicyclic amines) is 1. The number of aliphatic hydroxyl groups is 1. The molecule has 1 aliphatic rings. The molecule has 132 valence electrons. The monoisotopic (exact) mass is 336 g/mol. The van der Waals surface area contributed by atoms with Gasteiger partial charge >= 0.3 is 0 Å². The second-order valence-electron chi connectivity index (χ2n) is 6.33. The molecule has 1 aliphatic heterocycles. The minimum atomic E-state index is -0.378. The number of rotatable bonds is 6. The van der Waals surface area contributed by atoms with Gasteiger partial charge in [-0.1, -0.05) is 0 Å². The van der Waals surface area contributed by atoms with E-state index >= 15 is 0 Å². The molecule has 0 saturated carbocycles. The number of piperidine rings is 1. The highest BCUT2D eigenvalue weighted by molar-refractivity contribution is 5.94. The Labute approximate surface area is 141 Å². The van der Waals surface area contributed by atoms with Crippen LogP contribution >= 0.6 is 0 Å². The summed E-state index contributed by atoms with van der Waals surface area (Å²) >= 11 is 0. The number of carbonyl (C=O) groups excluding carboxylic acids is 2. The van der Waals surface area contributed by atoms with Crippen molar-refractivity contribution in [2.24, 2.45) is 5.92 Å². The Morgan fingerprint density at radius 1 is 1.29 bits per heavy atom. The molecule has 1 aromatic rings. The van der Waals surface area contributed by atoms with Crippen molar-refractivity contribution in [3.63, 3.8) is 0 Å². The summed E-state index contributed by atoms with van der Waals surface area (Å²) in [5, 5.41) is 12.3. The van der Waals surface area contributed by atoms with Gasteiger partial charge < -0.3 is 15.3 Å². The lowest BCUT2D eigenvalue weighted by molar-refractivity contribution is -0.133. The number of carbonyl (C=O) groups is 2. The predicted molar refractivity (Wildman–Crippen MR) is 89.0 cm³/mol. The molecule has 2 amide bonds. The molecule has 1 fully saturated rings. The Morgan fingerprint density at radius 3 is 2.50 bits per heavy atom. The Bertz CT molecular complexity index is 552. The summed E-state index contributed by atoms with van der Waals surface area (Å²) < 4.78 is 12.8. The maximum atomic E-state index is 12.8. The summed E-state index contributed by atoms with van der Waals surface area (Å²) in [4.78, 5) is 25.8. The van der Waals surface area contributed by atoms with Crippen LogP contribution in [0, 0.1) is 11.7 Å². The Morgan fingerprint density at radius 2 is 1.92 bits per heavy atom. The second-order valence-corrected chi connectivity index (χ2v) is 6.33. The number of hydrogen-bond acceptors (Lipinski definition) is 3. The van der Waals surface area contributed by atoms with Crippen LogP contribution in [0.15, 0.2) is 24.3 Å². The van der Waals surface area contributed by atoms with Gasteiger partial charge in [0.15, 0.2) is 0 Å². The minimum absolute atomic E-state index is 0.0927. The number of benzene rings is 1. The van der Waals surface area contributed by atoms with Crippen molar-refractivity contribution in [2.75, 3.05) is 19.6 Å². The van der Waals surface area contributed by atoms with Crippen LogP contribution in [0.4, 0.5) is 4.39 Å². The van der Waals surface area contributed by atoms with Gasteiger partial charge in [-0.3, -0.25) is 9.59 Å². The highest BCUT2D eigenvalue weighted by Crippen LogP contribution is 2.21. The van der Waals surface area contributed by atoms with Crippen LogP contribution in [0.5, 0.6) is 0 Å². The maximum Gasteiger partial charge on any atom is 0.251 e. The SMILES string of the molecule is CC(O)C1CCN(C(=O)CCCNC(=O)c2ccc(F)cc2)CC1. The number of amides is 2. The summed E-state index contributed by atoms with van der Waals surface area (Å²) in [5.74, 6) is -0.268. The normalized spacial score (nSPS) is 16.7. The average Bonchev–Trinajstić information content (AvgIpc) is 2.59. The van der Waals surface area contributed by atoms with Crippen LogP contribution < -0.4 is 5.32 Å². The van der Waals surface area contributed by atoms with Gasteiger partial charge in [-0.2, -0.15) is 0 Å². The fourth-order valence-electron chi connectivity index (χ4n) is 2.93. The fourth-order valence-corrected chi connectivity index (χ4v) is 2.93. The predicted octanol–water partition coefficient (Wildman–Crippen LogP) is 1.96. The lowest BCUT2D eigenvalue weighted by atomic mass is 9.92. The van der Waals surface area contributed by atoms with Gasteiger partial charge in [0.25, 0.3) is 5.91 Å². The van der Waals surface area contributed by atoms with Crippen LogP contribution in [0.25, 0.3) is 0 Å². The molecule has 0 aromatic heterocycles. The zero-order valence-corrected chi connectivity index (χ0v) is 14.0. The van der Waals surface area contributed by atoms with Gasteiger partial charge in [-0.05, 0) is 56.4 Å². The van der Waals surface area contributed by atoms with E-state index < -0.39 is 0 Å². The molecule has 6 heteroatoms. The molecule has 1 unspecified atom stereocenters. The summed E-state index contributed by atoms with van der Waals surface area (Å²) in [6.45, 7) is 3.59. The molecule has 0 spiro atoms. The summed E-state index contributed by atoms with van der Waals surface area (Å²) in [7, 11) is 0. The zero-order valence-electron chi connectivity index (χ0n) is 14.0. The highest BCUT2D eigenvalue weighted by Gasteiger charge is 2.24. The number of halogens is 1. The van der Waals surface area contributed by atoms with Crippen LogP contribution in [0.3, 0.4) is 0 Å². The third-order valence-electron chi connectivity index (χ3n) is 4.53. The first-order chi connectivity index (χ1) is 11.5. The molecule has 24 heavy (non-hydrogen) atoms. The summed E-state index contributed by atoms with van der Waals surface area (Å²) in [6.07, 6.45) is 2.32. The molecule has 1 heterocycles. The van der Waals surface area contributed by atoms with E-state index in [9.17, 15) is 19.1 Å². The first-order valence-corrected chi connectivity index (χ1v) is 8.47. The molecule has 0 bridgehead atoms. The first-order valence-electron chi connectivity index (χ1n) is 8.47. The topological polar surface area (TPSA) is 69.6 Å². The van der Waals surface area contributed by atoms with Crippen molar-refractivity contribution in [1.29, 1.82) is 0 Å². The largest absolute Gasteiger partial charge is 0.393 e. The van der Waals surface area contributed by atoms with Crippen molar-refractivity contribution < 1.29 is 19.1 Å². The smallest absolute Gasteiger partial charge is 0.251 e. The van der Waals surface area contributed by atoms with Gasteiger partial charge in [0.1, 0.15) is 5.82 Å². The van der Waals surface area contributed by atoms with E-state index in [0.717, 1.165) is 12.8 Å². The standard InChI is InChI=1S/C18H25FN2O3/c1-13(22)14-8-11-21(12-9-14)17(23)3-2-10-20-18(24)15-4-6-16(19)7-5-15/h4-7,13-14,22H,2-3,8-12H2,1H3,(H,20,24). The average molecular weight is 336 g/mol. The molecular formula is C18H25FN2O3. The highest BCUT2D eigenvalue weighted by atomic mass is 19.1. The molecule has 2 rings (SSSR count). The van der Waals surface area contributed by atoms with Crippen molar-refractivity contribution in [3.8, 4) is 0 Å². The molecular weight excluding hydrogens is 311 g/mol. The number of aliphatic hydroxyl groups excluding tert-OH is 1. The third kappa shape index (κ3) is 5.30. The molecule has 1 atom stereocenters. The van der Waals surface area contributed by atoms with Crippen molar-refractivity contribution in [1.82, 2.24) is 10.2 Å². The Balaban J connectivity index is 1.64. The Kier molecular flexibility index (Phi) is 6.73. The van der Waals surface area contributed by atoms with Crippen LogP contribution in [0.1, 0.15) is 43.0 Å². The number of hydrogen-bond donors (Lipinski definition) is 2. The quantitative estimate of drug-likeness (QED) is 0.780. The van der Waals surface area contributed by atoms with Crippen molar-refractivity contribution in [3.05, 3.63) is 35.6 Å². The lowest BCUT2D eigenvalue weighted by Gasteiger charge is -2.33. The van der Waals surface area contributed by atoms with E-state index in [1.165, 1.54) is 24.3 Å². The number of nitrogens with one attached hydrogen (secondary N) is 1. The Hall–Kier alpha value is -1.95. The van der Waals surface area contributed by atoms with Crippen LogP contribution in [-0.2, 0) is 4.79 Å². The molecule has 0 aliphatic carbocycles. The van der Waals surface area contributed by atoms with E-state index in [1.807, 2.05) is 4.90 Å². The summed E-state index contributed by atoms with van der Waals surface area (Å²) in [6, 6.07) is 5.36. The van der Waals surface area contributed by atoms with Gasteiger partial charge in [0.05, 0.1) is 6.10 Å². The van der Waals surface area contributed by atoms with E-state index in [4.69, 9.17) is 0 Å². The molecule has 5 nitrogen and oxygen atoms in total. The van der Waals surface area contributed by atoms with E-state index in [-0.39, 0.29) is 29.7 Å². The van der Waals surface area contributed by atoms with E-state index in [1.54, 1.807) is 6.92 Å². The molecule has 1 aromatic carbocycles. The van der Waals surface area contributed by atoms with Crippen molar-refractivity contribution in [2.45, 2.75) is 38.7 Å².